The minimum Gasteiger partial charge on any atom is -0.481 e. The molecule has 2 nitrogen and oxygen atoms in total. The number of carboxylic acid groups (broad SMARTS) is 1. The fraction of sp³-hybridized carbons (Fsp3) is 0.462. The second-order valence-electron chi connectivity index (χ2n) is 5.28. The Morgan fingerprint density at radius 2 is 1.81 bits per heavy atom. The SMILES string of the molecule is C[Si](C)(C)C(CCc1ccccc1)C(=O)O. The molecule has 1 unspecified atom stereocenters. The van der Waals surface area contributed by atoms with E-state index in [1.807, 2.05) is 18.2 Å². The van der Waals surface area contributed by atoms with Gasteiger partial charge in [0.15, 0.2) is 0 Å². The molecule has 0 aliphatic carbocycles. The van der Waals surface area contributed by atoms with E-state index < -0.39 is 14.0 Å². The molecule has 0 saturated carbocycles. The van der Waals surface area contributed by atoms with Crippen molar-refractivity contribution in [3.8, 4) is 0 Å². The van der Waals surface area contributed by atoms with Gasteiger partial charge in [0.2, 0.25) is 0 Å². The average molecular weight is 236 g/mol. The second-order valence-corrected chi connectivity index (χ2v) is 10.7. The van der Waals surface area contributed by atoms with Crippen LogP contribution in [0.4, 0.5) is 0 Å². The summed E-state index contributed by atoms with van der Waals surface area (Å²) in [7, 11) is -1.60. The van der Waals surface area contributed by atoms with Crippen molar-refractivity contribution in [2.45, 2.75) is 38.0 Å². The van der Waals surface area contributed by atoms with Gasteiger partial charge in [-0.15, -0.1) is 0 Å². The molecule has 16 heavy (non-hydrogen) atoms. The Labute approximate surface area is 98.3 Å². The van der Waals surface area contributed by atoms with Crippen molar-refractivity contribution in [1.29, 1.82) is 0 Å². The van der Waals surface area contributed by atoms with E-state index >= 15 is 0 Å². The van der Waals surface area contributed by atoms with Crippen LogP contribution in [0.3, 0.4) is 0 Å². The highest BCUT2D eigenvalue weighted by Crippen LogP contribution is 2.27. The summed E-state index contributed by atoms with van der Waals surface area (Å²) in [5, 5.41) is 9.22. The number of hydrogen-bond donors (Lipinski definition) is 1. The summed E-state index contributed by atoms with van der Waals surface area (Å²) in [6, 6.07) is 10.1. The Hall–Kier alpha value is -1.09. The Morgan fingerprint density at radius 3 is 2.25 bits per heavy atom. The van der Waals surface area contributed by atoms with Crippen LogP contribution in [-0.4, -0.2) is 19.1 Å². The van der Waals surface area contributed by atoms with Gasteiger partial charge in [0.25, 0.3) is 0 Å². The van der Waals surface area contributed by atoms with Crippen LogP contribution in [0.5, 0.6) is 0 Å². The minimum atomic E-state index is -1.60. The molecule has 1 rings (SSSR count). The van der Waals surface area contributed by atoms with Crippen molar-refractivity contribution >= 4 is 14.0 Å². The van der Waals surface area contributed by atoms with E-state index in [2.05, 4.69) is 31.8 Å². The topological polar surface area (TPSA) is 37.3 Å². The third-order valence-electron chi connectivity index (χ3n) is 2.91. The average Bonchev–Trinajstić information content (AvgIpc) is 2.17. The second kappa shape index (κ2) is 5.30. The van der Waals surface area contributed by atoms with Gasteiger partial charge in [0.05, 0.1) is 13.6 Å². The Morgan fingerprint density at radius 1 is 1.25 bits per heavy atom. The number of rotatable bonds is 5. The van der Waals surface area contributed by atoms with E-state index in [0.29, 0.717) is 0 Å². The van der Waals surface area contributed by atoms with Gasteiger partial charge in [0, 0.05) is 0 Å². The maximum atomic E-state index is 11.2. The number of benzene rings is 1. The van der Waals surface area contributed by atoms with Crippen LogP contribution in [0.1, 0.15) is 12.0 Å². The van der Waals surface area contributed by atoms with Crippen LogP contribution < -0.4 is 0 Å². The molecule has 1 atom stereocenters. The smallest absolute Gasteiger partial charge is 0.303 e. The Kier molecular flexibility index (Phi) is 4.30. The molecule has 3 heteroatoms. The van der Waals surface area contributed by atoms with Crippen molar-refractivity contribution in [3.63, 3.8) is 0 Å². The number of carbonyl (C=O) groups is 1. The highest BCUT2D eigenvalue weighted by Gasteiger charge is 2.32. The van der Waals surface area contributed by atoms with Crippen molar-refractivity contribution in [2.24, 2.45) is 0 Å². The maximum Gasteiger partial charge on any atom is 0.303 e. The zero-order chi connectivity index (χ0) is 12.2. The van der Waals surface area contributed by atoms with E-state index in [1.54, 1.807) is 0 Å². The van der Waals surface area contributed by atoms with Gasteiger partial charge in [0.1, 0.15) is 0 Å². The van der Waals surface area contributed by atoms with Crippen molar-refractivity contribution in [3.05, 3.63) is 35.9 Å². The molecule has 88 valence electrons. The molecular formula is C13H20O2Si. The molecule has 0 radical (unpaired) electrons. The number of aliphatic carboxylic acids is 1. The normalized spacial score (nSPS) is 13.4. The van der Waals surface area contributed by atoms with Gasteiger partial charge in [-0.25, -0.2) is 0 Å². The Balaban J connectivity index is 2.62. The predicted octanol–water partition coefficient (Wildman–Crippen LogP) is 3.41. The number of carboxylic acids is 1. The van der Waals surface area contributed by atoms with Crippen molar-refractivity contribution in [2.75, 3.05) is 0 Å². The monoisotopic (exact) mass is 236 g/mol. The summed E-state index contributed by atoms with van der Waals surface area (Å²) < 4.78 is 0. The molecule has 0 aromatic heterocycles. The highest BCUT2D eigenvalue weighted by molar-refractivity contribution is 6.80. The third-order valence-corrected chi connectivity index (χ3v) is 5.53. The fourth-order valence-corrected chi connectivity index (χ4v) is 3.63. The molecule has 1 aromatic rings. The first-order valence-electron chi connectivity index (χ1n) is 5.68. The molecule has 0 aliphatic heterocycles. The maximum absolute atomic E-state index is 11.2. The van der Waals surface area contributed by atoms with Crippen LogP contribution in [0.15, 0.2) is 30.3 Å². The first-order chi connectivity index (χ1) is 7.41. The van der Waals surface area contributed by atoms with Crippen LogP contribution in [-0.2, 0) is 11.2 Å². The lowest BCUT2D eigenvalue weighted by atomic mass is 10.1. The fourth-order valence-electron chi connectivity index (χ4n) is 1.88. The quantitative estimate of drug-likeness (QED) is 0.795. The predicted molar refractivity (Wildman–Crippen MR) is 69.5 cm³/mol. The molecule has 0 saturated heterocycles. The molecule has 0 heterocycles. The highest BCUT2D eigenvalue weighted by atomic mass is 28.3. The zero-order valence-corrected chi connectivity index (χ0v) is 11.2. The molecule has 0 bridgehead atoms. The van der Waals surface area contributed by atoms with Gasteiger partial charge in [-0.05, 0) is 18.4 Å². The molecule has 0 fully saturated rings. The number of hydrogen-bond acceptors (Lipinski definition) is 1. The van der Waals surface area contributed by atoms with E-state index in [-0.39, 0.29) is 5.54 Å². The van der Waals surface area contributed by atoms with E-state index in [9.17, 15) is 9.90 Å². The molecule has 1 N–H and O–H groups in total. The summed E-state index contributed by atoms with van der Waals surface area (Å²) in [5.41, 5.74) is 1.08. The van der Waals surface area contributed by atoms with Gasteiger partial charge < -0.3 is 5.11 Å². The zero-order valence-electron chi connectivity index (χ0n) is 10.2. The number of aryl methyl sites for hydroxylation is 1. The summed E-state index contributed by atoms with van der Waals surface area (Å²) in [5.74, 6) is -0.630. The van der Waals surface area contributed by atoms with Crippen molar-refractivity contribution < 1.29 is 9.90 Å². The standard InChI is InChI=1S/C13H20O2Si/c1-16(2,3)12(13(14)15)10-9-11-7-5-4-6-8-11/h4-8,12H,9-10H2,1-3H3,(H,14,15). The van der Waals surface area contributed by atoms with Crippen molar-refractivity contribution in [1.82, 2.24) is 0 Å². The molecular weight excluding hydrogens is 216 g/mol. The van der Waals surface area contributed by atoms with Crippen LogP contribution in [0.2, 0.25) is 25.2 Å². The first kappa shape index (κ1) is 13.0. The molecule has 0 spiro atoms. The minimum absolute atomic E-state index is 0.146. The summed E-state index contributed by atoms with van der Waals surface area (Å²) in [6.45, 7) is 6.37. The third kappa shape index (κ3) is 3.81. The van der Waals surface area contributed by atoms with Crippen LogP contribution in [0.25, 0.3) is 0 Å². The van der Waals surface area contributed by atoms with E-state index in [4.69, 9.17) is 0 Å². The van der Waals surface area contributed by atoms with Gasteiger partial charge >= 0.3 is 5.97 Å². The lowest BCUT2D eigenvalue weighted by Crippen LogP contribution is -2.34. The molecule has 1 aromatic carbocycles. The van der Waals surface area contributed by atoms with Gasteiger partial charge in [-0.3, -0.25) is 4.79 Å². The summed E-state index contributed by atoms with van der Waals surface area (Å²) in [4.78, 5) is 11.2. The molecule has 0 aliphatic rings. The van der Waals surface area contributed by atoms with Gasteiger partial charge in [-0.2, -0.15) is 0 Å². The largest absolute Gasteiger partial charge is 0.481 e. The van der Waals surface area contributed by atoms with E-state index in [1.165, 1.54) is 5.56 Å². The van der Waals surface area contributed by atoms with Crippen LogP contribution >= 0.6 is 0 Å². The van der Waals surface area contributed by atoms with Crippen LogP contribution in [0, 0.1) is 0 Å². The first-order valence-corrected chi connectivity index (χ1v) is 9.25. The van der Waals surface area contributed by atoms with E-state index in [0.717, 1.165) is 12.8 Å². The summed E-state index contributed by atoms with van der Waals surface area (Å²) >= 11 is 0. The lowest BCUT2D eigenvalue weighted by molar-refractivity contribution is -0.137. The van der Waals surface area contributed by atoms with Gasteiger partial charge in [-0.1, -0.05) is 50.0 Å². The Bertz CT molecular complexity index is 341. The summed E-state index contributed by atoms with van der Waals surface area (Å²) in [6.07, 6.45) is 1.62. The molecule has 0 amide bonds. The lowest BCUT2D eigenvalue weighted by Gasteiger charge is -2.24.